The first-order valence-electron chi connectivity index (χ1n) is 8.66. The van der Waals surface area contributed by atoms with Gasteiger partial charge in [0.15, 0.2) is 11.5 Å². The van der Waals surface area contributed by atoms with E-state index in [0.717, 1.165) is 37.3 Å². The molecule has 1 N–H and O–H groups in total. The number of hydrogen-bond donors (Lipinski definition) is 1. The van der Waals surface area contributed by atoms with E-state index in [1.807, 2.05) is 0 Å². The van der Waals surface area contributed by atoms with Crippen LogP contribution in [0.5, 0.6) is 11.5 Å². The molecule has 0 fully saturated rings. The molecule has 0 aromatic heterocycles. The maximum absolute atomic E-state index is 5.49. The Labute approximate surface area is 145 Å². The largest absolute Gasteiger partial charge is 0.493 e. The van der Waals surface area contributed by atoms with Crippen LogP contribution in [0.25, 0.3) is 0 Å². The monoisotopic (exact) mass is 325 g/mol. The van der Waals surface area contributed by atoms with Gasteiger partial charge in [0.05, 0.1) is 14.2 Å². The van der Waals surface area contributed by atoms with Crippen molar-refractivity contribution in [2.24, 2.45) is 0 Å². The molecule has 3 nitrogen and oxygen atoms in total. The lowest BCUT2D eigenvalue weighted by molar-refractivity contribution is 0.351. The highest BCUT2D eigenvalue weighted by atomic mass is 16.5. The first kappa shape index (κ1) is 16.8. The Morgan fingerprint density at radius 1 is 1.00 bits per heavy atom. The smallest absolute Gasteiger partial charge is 0.161 e. The number of benzene rings is 2. The van der Waals surface area contributed by atoms with Gasteiger partial charge in [-0.05, 0) is 79.6 Å². The predicted octanol–water partition coefficient (Wildman–Crippen LogP) is 4.14. The van der Waals surface area contributed by atoms with Crippen molar-refractivity contribution in [3.63, 3.8) is 0 Å². The van der Waals surface area contributed by atoms with Crippen molar-refractivity contribution in [1.29, 1.82) is 0 Å². The van der Waals surface area contributed by atoms with Crippen molar-refractivity contribution in [2.45, 2.75) is 39.2 Å². The van der Waals surface area contributed by atoms with Crippen LogP contribution in [-0.4, -0.2) is 20.8 Å². The average Bonchev–Trinajstić information content (AvgIpc) is 2.61. The molecule has 3 heteroatoms. The van der Waals surface area contributed by atoms with Gasteiger partial charge in [-0.1, -0.05) is 18.2 Å². The molecule has 2 aromatic carbocycles. The zero-order valence-electron chi connectivity index (χ0n) is 15.1. The Morgan fingerprint density at radius 2 is 1.75 bits per heavy atom. The minimum Gasteiger partial charge on any atom is -0.493 e. The molecule has 0 saturated carbocycles. The van der Waals surface area contributed by atoms with E-state index in [4.69, 9.17) is 9.47 Å². The molecule has 1 heterocycles. The predicted molar refractivity (Wildman–Crippen MR) is 98.2 cm³/mol. The molecule has 1 aliphatic rings. The molecule has 0 saturated heterocycles. The molecule has 2 aromatic rings. The normalized spacial score (nSPS) is 16.6. The molecule has 1 atom stereocenters. The van der Waals surface area contributed by atoms with Gasteiger partial charge in [-0.15, -0.1) is 0 Å². The summed E-state index contributed by atoms with van der Waals surface area (Å²) < 4.78 is 10.9. The second-order valence-corrected chi connectivity index (χ2v) is 6.62. The standard InChI is InChI=1S/C21H27NO2/c1-14-5-6-16(11-15(14)2)7-8-19-18-13-21(24-4)20(23-3)12-17(18)9-10-22-19/h5-6,11-13,19,22H,7-10H2,1-4H3. The van der Waals surface area contributed by atoms with Crippen LogP contribution in [-0.2, 0) is 12.8 Å². The van der Waals surface area contributed by atoms with E-state index in [0.29, 0.717) is 6.04 Å². The number of nitrogens with one attached hydrogen (secondary N) is 1. The highest BCUT2D eigenvalue weighted by molar-refractivity contribution is 5.49. The summed E-state index contributed by atoms with van der Waals surface area (Å²) in [6, 6.07) is 11.4. The third kappa shape index (κ3) is 3.41. The van der Waals surface area contributed by atoms with Gasteiger partial charge in [-0.2, -0.15) is 0 Å². The summed E-state index contributed by atoms with van der Waals surface area (Å²) in [6.45, 7) is 5.36. The zero-order chi connectivity index (χ0) is 17.1. The molecular weight excluding hydrogens is 298 g/mol. The van der Waals surface area contributed by atoms with Crippen molar-refractivity contribution < 1.29 is 9.47 Å². The number of rotatable bonds is 5. The lowest BCUT2D eigenvalue weighted by Gasteiger charge is -2.28. The number of hydrogen-bond acceptors (Lipinski definition) is 3. The van der Waals surface area contributed by atoms with Gasteiger partial charge in [0.2, 0.25) is 0 Å². The highest BCUT2D eigenvalue weighted by Crippen LogP contribution is 2.36. The Bertz CT molecular complexity index is 724. The third-order valence-corrected chi connectivity index (χ3v) is 5.10. The molecule has 0 bridgehead atoms. The molecule has 128 valence electrons. The Morgan fingerprint density at radius 3 is 2.46 bits per heavy atom. The van der Waals surface area contributed by atoms with Gasteiger partial charge in [-0.25, -0.2) is 0 Å². The summed E-state index contributed by atoms with van der Waals surface area (Å²) in [7, 11) is 3.40. The maximum atomic E-state index is 5.49. The van der Waals surface area contributed by atoms with Crippen LogP contribution in [0.4, 0.5) is 0 Å². The quantitative estimate of drug-likeness (QED) is 0.896. The Kier molecular flexibility index (Phi) is 5.10. The van der Waals surface area contributed by atoms with E-state index in [9.17, 15) is 0 Å². The summed E-state index contributed by atoms with van der Waals surface area (Å²) >= 11 is 0. The minimum atomic E-state index is 0.371. The van der Waals surface area contributed by atoms with E-state index in [1.54, 1.807) is 14.2 Å². The van der Waals surface area contributed by atoms with E-state index in [1.165, 1.54) is 27.8 Å². The topological polar surface area (TPSA) is 30.5 Å². The lowest BCUT2D eigenvalue weighted by Crippen LogP contribution is -2.30. The van der Waals surface area contributed by atoms with Crippen molar-refractivity contribution >= 4 is 0 Å². The van der Waals surface area contributed by atoms with Crippen LogP contribution in [0.3, 0.4) is 0 Å². The van der Waals surface area contributed by atoms with Gasteiger partial charge in [0.1, 0.15) is 0 Å². The summed E-state index contributed by atoms with van der Waals surface area (Å²) in [5.41, 5.74) is 6.86. The van der Waals surface area contributed by atoms with Crippen molar-refractivity contribution in [1.82, 2.24) is 5.32 Å². The molecule has 0 radical (unpaired) electrons. The number of fused-ring (bicyclic) bond motifs is 1. The number of ether oxygens (including phenoxy) is 2. The van der Waals surface area contributed by atoms with Crippen molar-refractivity contribution in [2.75, 3.05) is 20.8 Å². The summed E-state index contributed by atoms with van der Waals surface area (Å²) in [5.74, 6) is 1.64. The lowest BCUT2D eigenvalue weighted by atomic mass is 9.89. The highest BCUT2D eigenvalue weighted by Gasteiger charge is 2.22. The Balaban J connectivity index is 1.80. The minimum absolute atomic E-state index is 0.371. The molecule has 1 unspecified atom stereocenters. The molecule has 3 rings (SSSR count). The fraction of sp³-hybridized carbons (Fsp3) is 0.429. The molecule has 24 heavy (non-hydrogen) atoms. The SMILES string of the molecule is COc1cc2c(cc1OC)C(CCc1ccc(C)c(C)c1)NCC2. The summed E-state index contributed by atoms with van der Waals surface area (Å²) in [6.07, 6.45) is 3.20. The van der Waals surface area contributed by atoms with Crippen molar-refractivity contribution in [3.05, 3.63) is 58.1 Å². The molecular formula is C21H27NO2. The van der Waals surface area contributed by atoms with Crippen LogP contribution in [0.15, 0.2) is 30.3 Å². The molecule has 0 aliphatic carbocycles. The fourth-order valence-corrected chi connectivity index (χ4v) is 3.50. The second kappa shape index (κ2) is 7.27. The van der Waals surface area contributed by atoms with Crippen molar-refractivity contribution in [3.8, 4) is 11.5 Å². The number of aryl methyl sites for hydroxylation is 3. The molecule has 0 amide bonds. The first-order valence-corrected chi connectivity index (χ1v) is 8.66. The Hall–Kier alpha value is -2.00. The van der Waals surface area contributed by atoms with E-state index < -0.39 is 0 Å². The third-order valence-electron chi connectivity index (χ3n) is 5.10. The maximum Gasteiger partial charge on any atom is 0.161 e. The number of methoxy groups -OCH3 is 2. The van der Waals surface area contributed by atoms with E-state index in [-0.39, 0.29) is 0 Å². The summed E-state index contributed by atoms with van der Waals surface area (Å²) in [4.78, 5) is 0. The average molecular weight is 325 g/mol. The van der Waals surface area contributed by atoms with Crippen LogP contribution >= 0.6 is 0 Å². The second-order valence-electron chi connectivity index (χ2n) is 6.62. The molecule has 1 aliphatic heterocycles. The van der Waals surface area contributed by atoms with Gasteiger partial charge < -0.3 is 14.8 Å². The molecule has 0 spiro atoms. The van der Waals surface area contributed by atoms with Crippen LogP contribution in [0.1, 0.15) is 40.3 Å². The first-order chi connectivity index (χ1) is 11.6. The van der Waals surface area contributed by atoms with Gasteiger partial charge >= 0.3 is 0 Å². The van der Waals surface area contributed by atoms with E-state index >= 15 is 0 Å². The van der Waals surface area contributed by atoms with Crippen LogP contribution < -0.4 is 14.8 Å². The van der Waals surface area contributed by atoms with Gasteiger partial charge in [-0.3, -0.25) is 0 Å². The van der Waals surface area contributed by atoms with Crippen LogP contribution in [0.2, 0.25) is 0 Å². The summed E-state index contributed by atoms with van der Waals surface area (Å²) in [5, 5.41) is 3.66. The van der Waals surface area contributed by atoms with Gasteiger partial charge in [0.25, 0.3) is 0 Å². The van der Waals surface area contributed by atoms with Crippen LogP contribution in [0, 0.1) is 13.8 Å². The van der Waals surface area contributed by atoms with E-state index in [2.05, 4.69) is 49.5 Å². The van der Waals surface area contributed by atoms with Gasteiger partial charge in [0, 0.05) is 6.04 Å². The zero-order valence-corrected chi connectivity index (χ0v) is 15.1. The fourth-order valence-electron chi connectivity index (χ4n) is 3.50.